The second kappa shape index (κ2) is 5.47. The number of sulfone groups is 1. The zero-order valence-electron chi connectivity index (χ0n) is 11.2. The number of nitrogens with one attached hydrogen (secondary N) is 1. The van der Waals surface area contributed by atoms with Crippen LogP contribution in [0, 0.1) is 0 Å². The minimum atomic E-state index is -3.66. The lowest BCUT2D eigenvalue weighted by atomic mass is 10.1. The third kappa shape index (κ3) is 2.83. The second-order valence-corrected chi connectivity index (χ2v) is 6.93. The topological polar surface area (TPSA) is 115 Å². The molecule has 0 radical (unpaired) electrons. The number of aromatic nitrogens is 3. The number of anilines is 1. The Hall–Kier alpha value is -2.32. The van der Waals surface area contributed by atoms with Crippen molar-refractivity contribution in [1.82, 2.24) is 15.2 Å². The summed E-state index contributed by atoms with van der Waals surface area (Å²) in [4.78, 5) is 2.95. The van der Waals surface area contributed by atoms with Gasteiger partial charge in [-0.2, -0.15) is 0 Å². The molecule has 22 heavy (non-hydrogen) atoms. The fraction of sp³-hybridized carbons (Fsp3) is 0.0769. The molecule has 0 unspecified atom stereocenters. The van der Waals surface area contributed by atoms with Gasteiger partial charge in [0.05, 0.1) is 4.90 Å². The average Bonchev–Trinajstić information content (AvgIpc) is 3.09. The monoisotopic (exact) mass is 338 g/mol. The Morgan fingerprint density at radius 1 is 1.18 bits per heavy atom. The first-order chi connectivity index (χ1) is 10.5. The summed E-state index contributed by atoms with van der Waals surface area (Å²) in [5.74, 6) is -0.476. The third-order valence-corrected chi connectivity index (χ3v) is 4.88. The van der Waals surface area contributed by atoms with Crippen LogP contribution in [-0.2, 0) is 15.6 Å². The largest absolute Gasteiger partial charge is 0.407 e. The minimum Gasteiger partial charge on any atom is -0.407 e. The maximum Gasteiger partial charge on any atom is 0.312 e. The number of halogens is 1. The molecule has 0 saturated heterocycles. The standard InChI is InChI=1S/C13H11ClN4O3S/c14-9-3-1-8(2-4-9)10-5-16-6-11(10)22(19,20)7-12-17-18-13(15)21-12/h1-6,16H,7H2,(H2,15,18). The van der Waals surface area contributed by atoms with Crippen LogP contribution in [0.15, 0.2) is 46.0 Å². The highest BCUT2D eigenvalue weighted by atomic mass is 35.5. The lowest BCUT2D eigenvalue weighted by Crippen LogP contribution is -2.05. The highest BCUT2D eigenvalue weighted by molar-refractivity contribution is 7.90. The van der Waals surface area contributed by atoms with Crippen LogP contribution in [0.1, 0.15) is 5.89 Å². The molecule has 0 amide bonds. The molecule has 3 N–H and O–H groups in total. The van der Waals surface area contributed by atoms with E-state index < -0.39 is 15.6 Å². The Balaban J connectivity index is 1.98. The summed E-state index contributed by atoms with van der Waals surface area (Å²) in [6.07, 6.45) is 3.03. The normalized spacial score (nSPS) is 11.7. The predicted molar refractivity (Wildman–Crippen MR) is 80.8 cm³/mol. The smallest absolute Gasteiger partial charge is 0.312 e. The number of nitrogens with two attached hydrogens (primary N) is 1. The number of nitrogens with zero attached hydrogens (tertiary/aromatic N) is 2. The van der Waals surface area contributed by atoms with Crippen LogP contribution in [0.4, 0.5) is 6.01 Å². The molecular weight excluding hydrogens is 328 g/mol. The van der Waals surface area contributed by atoms with Gasteiger partial charge in [0.25, 0.3) is 0 Å². The Labute approximate surface area is 131 Å². The zero-order chi connectivity index (χ0) is 15.7. The molecule has 0 bridgehead atoms. The highest BCUT2D eigenvalue weighted by Crippen LogP contribution is 2.30. The molecule has 3 rings (SSSR count). The average molecular weight is 339 g/mol. The van der Waals surface area contributed by atoms with Gasteiger partial charge in [0, 0.05) is 23.0 Å². The van der Waals surface area contributed by atoms with Crippen molar-refractivity contribution in [2.45, 2.75) is 10.6 Å². The van der Waals surface area contributed by atoms with Crippen LogP contribution < -0.4 is 5.73 Å². The molecular formula is C13H11ClN4O3S. The highest BCUT2D eigenvalue weighted by Gasteiger charge is 2.24. The van der Waals surface area contributed by atoms with Crippen LogP contribution in [0.25, 0.3) is 11.1 Å². The van der Waals surface area contributed by atoms with Gasteiger partial charge in [0.1, 0.15) is 5.75 Å². The quantitative estimate of drug-likeness (QED) is 0.754. The molecule has 114 valence electrons. The first-order valence-electron chi connectivity index (χ1n) is 6.19. The molecule has 1 aromatic carbocycles. The van der Waals surface area contributed by atoms with E-state index in [1.807, 2.05) is 0 Å². The van der Waals surface area contributed by atoms with Crippen LogP contribution in [0.3, 0.4) is 0 Å². The summed E-state index contributed by atoms with van der Waals surface area (Å²) in [6.45, 7) is 0. The van der Waals surface area contributed by atoms with Crippen molar-refractivity contribution in [2.24, 2.45) is 0 Å². The second-order valence-electron chi connectivity index (χ2n) is 4.53. The molecule has 0 spiro atoms. The van der Waals surface area contributed by atoms with E-state index in [2.05, 4.69) is 15.2 Å². The van der Waals surface area contributed by atoms with E-state index in [1.165, 1.54) is 6.20 Å². The first kappa shape index (κ1) is 14.6. The molecule has 0 saturated carbocycles. The van der Waals surface area contributed by atoms with E-state index in [1.54, 1.807) is 30.5 Å². The summed E-state index contributed by atoms with van der Waals surface area (Å²) in [7, 11) is -3.66. The van der Waals surface area contributed by atoms with Gasteiger partial charge in [-0.3, -0.25) is 0 Å². The third-order valence-electron chi connectivity index (χ3n) is 2.99. The van der Waals surface area contributed by atoms with Crippen molar-refractivity contribution >= 4 is 27.5 Å². The molecule has 0 atom stereocenters. The van der Waals surface area contributed by atoms with Crippen LogP contribution in [-0.4, -0.2) is 23.6 Å². The lowest BCUT2D eigenvalue weighted by molar-refractivity contribution is 0.522. The Morgan fingerprint density at radius 3 is 2.55 bits per heavy atom. The maximum atomic E-state index is 12.5. The zero-order valence-corrected chi connectivity index (χ0v) is 12.7. The molecule has 0 aliphatic rings. The van der Waals surface area contributed by atoms with Crippen molar-refractivity contribution < 1.29 is 12.8 Å². The van der Waals surface area contributed by atoms with E-state index >= 15 is 0 Å². The number of rotatable bonds is 4. The number of hydrogen-bond acceptors (Lipinski definition) is 6. The fourth-order valence-electron chi connectivity index (χ4n) is 2.03. The van der Waals surface area contributed by atoms with Gasteiger partial charge in [-0.25, -0.2) is 8.42 Å². The number of hydrogen-bond donors (Lipinski definition) is 2. The van der Waals surface area contributed by atoms with Crippen LogP contribution >= 0.6 is 11.6 Å². The van der Waals surface area contributed by atoms with Crippen molar-refractivity contribution in [3.63, 3.8) is 0 Å². The molecule has 0 aliphatic heterocycles. The Kier molecular flexibility index (Phi) is 3.63. The summed E-state index contributed by atoms with van der Waals surface area (Å²) in [5, 5.41) is 7.60. The van der Waals surface area contributed by atoms with Gasteiger partial charge in [0.15, 0.2) is 9.84 Å². The summed E-state index contributed by atoms with van der Waals surface area (Å²) in [6, 6.07) is 6.71. The van der Waals surface area contributed by atoms with E-state index in [0.717, 1.165) is 5.56 Å². The van der Waals surface area contributed by atoms with Gasteiger partial charge in [-0.1, -0.05) is 28.8 Å². The van der Waals surface area contributed by atoms with Gasteiger partial charge in [0.2, 0.25) is 5.89 Å². The maximum absolute atomic E-state index is 12.5. The number of nitrogen functional groups attached to an aromatic ring is 1. The van der Waals surface area contributed by atoms with E-state index in [4.69, 9.17) is 21.8 Å². The Bertz CT molecular complexity index is 900. The molecule has 2 heterocycles. The molecule has 0 aliphatic carbocycles. The number of H-pyrrole nitrogens is 1. The SMILES string of the molecule is Nc1nnc(CS(=O)(=O)c2c[nH]cc2-c2ccc(Cl)cc2)o1. The number of benzene rings is 1. The van der Waals surface area contributed by atoms with Crippen LogP contribution in [0.2, 0.25) is 5.02 Å². The molecule has 2 aromatic heterocycles. The number of aromatic amines is 1. The van der Waals surface area contributed by atoms with Crippen molar-refractivity contribution in [1.29, 1.82) is 0 Å². The predicted octanol–water partition coefficient (Wildman–Crippen LogP) is 2.27. The Morgan fingerprint density at radius 2 is 1.91 bits per heavy atom. The van der Waals surface area contributed by atoms with Gasteiger partial charge < -0.3 is 15.1 Å². The van der Waals surface area contributed by atoms with Crippen molar-refractivity contribution in [3.05, 3.63) is 47.6 Å². The van der Waals surface area contributed by atoms with Crippen molar-refractivity contribution in [3.8, 4) is 11.1 Å². The lowest BCUT2D eigenvalue weighted by Gasteiger charge is -2.04. The van der Waals surface area contributed by atoms with Gasteiger partial charge in [-0.05, 0) is 17.7 Å². The molecule has 3 aromatic rings. The summed E-state index contributed by atoms with van der Waals surface area (Å²) >= 11 is 5.85. The van der Waals surface area contributed by atoms with E-state index in [-0.39, 0.29) is 16.8 Å². The van der Waals surface area contributed by atoms with Crippen molar-refractivity contribution in [2.75, 3.05) is 5.73 Å². The van der Waals surface area contributed by atoms with E-state index in [9.17, 15) is 8.42 Å². The molecule has 7 nitrogen and oxygen atoms in total. The summed E-state index contributed by atoms with van der Waals surface area (Å²) < 4.78 is 30.0. The van der Waals surface area contributed by atoms with Crippen LogP contribution in [0.5, 0.6) is 0 Å². The first-order valence-corrected chi connectivity index (χ1v) is 8.22. The van der Waals surface area contributed by atoms with Gasteiger partial charge in [-0.15, -0.1) is 5.10 Å². The molecule has 0 fully saturated rings. The summed E-state index contributed by atoms with van der Waals surface area (Å²) in [5.41, 5.74) is 6.57. The van der Waals surface area contributed by atoms with E-state index in [0.29, 0.717) is 10.6 Å². The van der Waals surface area contributed by atoms with Gasteiger partial charge >= 0.3 is 6.01 Å². The molecule has 9 heteroatoms. The fourth-order valence-corrected chi connectivity index (χ4v) is 3.51. The minimum absolute atomic E-state index is 0.0549.